The Bertz CT molecular complexity index is 795. The number of hydrogen-bond acceptors (Lipinski definition) is 4. The fourth-order valence-corrected chi connectivity index (χ4v) is 1.86. The summed E-state index contributed by atoms with van der Waals surface area (Å²) in [5.74, 6) is 0.0500. The predicted molar refractivity (Wildman–Crippen MR) is 71.2 cm³/mol. The van der Waals surface area contributed by atoms with Crippen LogP contribution in [0.2, 0.25) is 0 Å². The second kappa shape index (κ2) is 4.65. The van der Waals surface area contributed by atoms with Gasteiger partial charge < -0.3 is 9.84 Å². The summed E-state index contributed by atoms with van der Waals surface area (Å²) in [6.07, 6.45) is 3.40. The molecule has 0 amide bonds. The van der Waals surface area contributed by atoms with Gasteiger partial charge in [0, 0.05) is 18.3 Å². The van der Waals surface area contributed by atoms with Gasteiger partial charge in [-0.15, -0.1) is 0 Å². The van der Waals surface area contributed by atoms with Crippen molar-refractivity contribution in [2.24, 2.45) is 0 Å². The van der Waals surface area contributed by atoms with Gasteiger partial charge in [0.2, 0.25) is 5.88 Å². The maximum Gasteiger partial charge on any atom is 0.335 e. The maximum atomic E-state index is 10.9. The van der Waals surface area contributed by atoms with E-state index < -0.39 is 5.97 Å². The van der Waals surface area contributed by atoms with Crippen LogP contribution < -0.4 is 4.74 Å². The number of benzene rings is 1. The Kier molecular flexibility index (Phi) is 2.83. The standard InChI is InChI=1S/C14H11N3O3/c1-9-8-10(14(18)19)2-3-11(9)20-13-5-7-17-12(16-13)4-6-15-17/h2-8H,1H3,(H,18,19). The topological polar surface area (TPSA) is 76.7 Å². The zero-order valence-corrected chi connectivity index (χ0v) is 10.6. The number of rotatable bonds is 3. The average molecular weight is 269 g/mol. The number of carbonyl (C=O) groups is 1. The second-order valence-electron chi connectivity index (χ2n) is 4.29. The van der Waals surface area contributed by atoms with Gasteiger partial charge in [0.15, 0.2) is 5.65 Å². The minimum Gasteiger partial charge on any atom is -0.478 e. The number of hydrogen-bond donors (Lipinski definition) is 1. The Morgan fingerprint density at radius 2 is 2.15 bits per heavy atom. The van der Waals surface area contributed by atoms with Crippen LogP contribution in [0.5, 0.6) is 11.6 Å². The highest BCUT2D eigenvalue weighted by Crippen LogP contribution is 2.24. The van der Waals surface area contributed by atoms with Crippen LogP contribution in [0.25, 0.3) is 5.65 Å². The van der Waals surface area contributed by atoms with E-state index in [0.717, 1.165) is 5.56 Å². The van der Waals surface area contributed by atoms with Crippen molar-refractivity contribution < 1.29 is 14.6 Å². The molecule has 0 atom stereocenters. The summed E-state index contributed by atoms with van der Waals surface area (Å²) in [7, 11) is 0. The molecule has 0 spiro atoms. The SMILES string of the molecule is Cc1cc(C(=O)O)ccc1Oc1ccn2nccc2n1. The molecule has 2 aromatic heterocycles. The molecule has 0 radical (unpaired) electrons. The average Bonchev–Trinajstić information content (AvgIpc) is 2.88. The number of ether oxygens (including phenoxy) is 1. The fourth-order valence-electron chi connectivity index (χ4n) is 1.86. The molecule has 0 saturated carbocycles. The number of aryl methyl sites for hydroxylation is 1. The zero-order valence-electron chi connectivity index (χ0n) is 10.6. The molecule has 0 aliphatic heterocycles. The third kappa shape index (κ3) is 2.18. The highest BCUT2D eigenvalue weighted by Gasteiger charge is 2.08. The first-order valence-electron chi connectivity index (χ1n) is 5.96. The van der Waals surface area contributed by atoms with Crippen molar-refractivity contribution in [2.75, 3.05) is 0 Å². The molecule has 3 rings (SSSR count). The van der Waals surface area contributed by atoms with Gasteiger partial charge in [0.1, 0.15) is 5.75 Å². The molecular weight excluding hydrogens is 258 g/mol. The van der Waals surface area contributed by atoms with Crippen LogP contribution >= 0.6 is 0 Å². The molecule has 3 aromatic rings. The van der Waals surface area contributed by atoms with Crippen molar-refractivity contribution in [2.45, 2.75) is 6.92 Å². The number of carboxylic acid groups (broad SMARTS) is 1. The summed E-state index contributed by atoms with van der Waals surface area (Å²) in [6.45, 7) is 1.79. The second-order valence-corrected chi connectivity index (χ2v) is 4.29. The largest absolute Gasteiger partial charge is 0.478 e. The molecule has 0 saturated heterocycles. The minimum absolute atomic E-state index is 0.231. The van der Waals surface area contributed by atoms with Crippen LogP contribution in [-0.4, -0.2) is 25.7 Å². The Hall–Kier alpha value is -2.89. The fraction of sp³-hybridized carbons (Fsp3) is 0.0714. The number of fused-ring (bicyclic) bond motifs is 1. The molecular formula is C14H11N3O3. The lowest BCUT2D eigenvalue weighted by Crippen LogP contribution is -1.98. The van der Waals surface area contributed by atoms with Crippen LogP contribution in [0, 0.1) is 6.92 Å². The van der Waals surface area contributed by atoms with Crippen molar-refractivity contribution in [1.29, 1.82) is 0 Å². The Morgan fingerprint density at radius 3 is 2.90 bits per heavy atom. The van der Waals surface area contributed by atoms with Gasteiger partial charge in [-0.25, -0.2) is 9.31 Å². The highest BCUT2D eigenvalue weighted by molar-refractivity contribution is 5.88. The van der Waals surface area contributed by atoms with E-state index in [1.165, 1.54) is 6.07 Å². The number of nitrogens with zero attached hydrogens (tertiary/aromatic N) is 3. The van der Waals surface area contributed by atoms with Crippen molar-refractivity contribution in [3.8, 4) is 11.6 Å². The molecule has 6 heteroatoms. The van der Waals surface area contributed by atoms with Crippen molar-refractivity contribution in [3.63, 3.8) is 0 Å². The van der Waals surface area contributed by atoms with E-state index in [4.69, 9.17) is 9.84 Å². The van der Waals surface area contributed by atoms with E-state index in [0.29, 0.717) is 17.3 Å². The summed E-state index contributed by atoms with van der Waals surface area (Å²) in [4.78, 5) is 15.2. The van der Waals surface area contributed by atoms with E-state index in [1.54, 1.807) is 48.1 Å². The molecule has 0 bridgehead atoms. The Labute approximate surface area is 114 Å². The van der Waals surface area contributed by atoms with Crippen molar-refractivity contribution in [3.05, 3.63) is 53.9 Å². The van der Waals surface area contributed by atoms with Crippen molar-refractivity contribution >= 4 is 11.6 Å². The van der Waals surface area contributed by atoms with Crippen LogP contribution in [0.4, 0.5) is 0 Å². The number of aromatic carboxylic acids is 1. The van der Waals surface area contributed by atoms with Crippen LogP contribution in [-0.2, 0) is 0 Å². The molecule has 0 aliphatic carbocycles. The number of carboxylic acids is 1. The van der Waals surface area contributed by atoms with Crippen LogP contribution in [0.1, 0.15) is 15.9 Å². The highest BCUT2D eigenvalue weighted by atomic mass is 16.5. The first-order valence-corrected chi connectivity index (χ1v) is 5.96. The van der Waals surface area contributed by atoms with Crippen molar-refractivity contribution in [1.82, 2.24) is 14.6 Å². The van der Waals surface area contributed by atoms with E-state index >= 15 is 0 Å². The lowest BCUT2D eigenvalue weighted by Gasteiger charge is -2.08. The summed E-state index contributed by atoms with van der Waals surface area (Å²) in [5, 5.41) is 13.0. The summed E-state index contributed by atoms with van der Waals surface area (Å²) < 4.78 is 7.31. The summed E-state index contributed by atoms with van der Waals surface area (Å²) in [6, 6.07) is 8.16. The van der Waals surface area contributed by atoms with Gasteiger partial charge in [-0.05, 0) is 30.7 Å². The van der Waals surface area contributed by atoms with E-state index in [9.17, 15) is 4.79 Å². The smallest absolute Gasteiger partial charge is 0.335 e. The monoisotopic (exact) mass is 269 g/mol. The normalized spacial score (nSPS) is 10.7. The molecule has 100 valence electrons. The van der Waals surface area contributed by atoms with Gasteiger partial charge in [-0.1, -0.05) is 0 Å². The minimum atomic E-state index is -0.960. The Morgan fingerprint density at radius 1 is 1.30 bits per heavy atom. The molecule has 6 nitrogen and oxygen atoms in total. The maximum absolute atomic E-state index is 10.9. The molecule has 1 N–H and O–H groups in total. The molecule has 1 aromatic carbocycles. The molecule has 0 unspecified atom stereocenters. The summed E-state index contributed by atoms with van der Waals surface area (Å²) in [5.41, 5.74) is 1.65. The van der Waals surface area contributed by atoms with Gasteiger partial charge >= 0.3 is 5.97 Å². The van der Waals surface area contributed by atoms with Gasteiger partial charge in [0.25, 0.3) is 0 Å². The zero-order chi connectivity index (χ0) is 14.1. The van der Waals surface area contributed by atoms with E-state index in [2.05, 4.69) is 10.1 Å². The third-order valence-electron chi connectivity index (χ3n) is 2.87. The van der Waals surface area contributed by atoms with Crippen LogP contribution in [0.3, 0.4) is 0 Å². The lowest BCUT2D eigenvalue weighted by molar-refractivity contribution is 0.0697. The molecule has 2 heterocycles. The first-order chi connectivity index (χ1) is 9.63. The lowest BCUT2D eigenvalue weighted by atomic mass is 10.1. The third-order valence-corrected chi connectivity index (χ3v) is 2.87. The molecule has 0 aliphatic rings. The van der Waals surface area contributed by atoms with Crippen LogP contribution in [0.15, 0.2) is 42.7 Å². The van der Waals surface area contributed by atoms with E-state index in [1.807, 2.05) is 0 Å². The molecule has 20 heavy (non-hydrogen) atoms. The van der Waals surface area contributed by atoms with E-state index in [-0.39, 0.29) is 5.56 Å². The molecule has 0 fully saturated rings. The van der Waals surface area contributed by atoms with Gasteiger partial charge in [-0.2, -0.15) is 10.1 Å². The summed E-state index contributed by atoms with van der Waals surface area (Å²) >= 11 is 0. The van der Waals surface area contributed by atoms with Gasteiger partial charge in [-0.3, -0.25) is 0 Å². The van der Waals surface area contributed by atoms with Gasteiger partial charge in [0.05, 0.1) is 11.8 Å². The first kappa shape index (κ1) is 12.2. The quantitative estimate of drug-likeness (QED) is 0.790. The Balaban J connectivity index is 1.92. The predicted octanol–water partition coefficient (Wildman–Crippen LogP) is 2.53. The number of aromatic nitrogens is 3.